The molecule has 1 fully saturated rings. The van der Waals surface area contributed by atoms with E-state index in [0.29, 0.717) is 24.7 Å². The zero-order valence-corrected chi connectivity index (χ0v) is 9.60. The van der Waals surface area contributed by atoms with E-state index in [4.69, 9.17) is 5.73 Å². The average Bonchev–Trinajstić information content (AvgIpc) is 3.14. The van der Waals surface area contributed by atoms with Gasteiger partial charge in [-0.2, -0.15) is 0 Å². The van der Waals surface area contributed by atoms with E-state index in [1.165, 1.54) is 12.3 Å². The molecule has 0 unspecified atom stereocenters. The minimum atomic E-state index is -0.481. The summed E-state index contributed by atoms with van der Waals surface area (Å²) in [5.41, 5.74) is 5.76. The van der Waals surface area contributed by atoms with Crippen molar-refractivity contribution in [2.45, 2.75) is 25.3 Å². The predicted molar refractivity (Wildman–Crippen MR) is 61.9 cm³/mol. The van der Waals surface area contributed by atoms with Crippen LogP contribution in [0.1, 0.15) is 29.6 Å². The Morgan fingerprint density at radius 2 is 2.29 bits per heavy atom. The maximum absolute atomic E-state index is 13.0. The monoisotopic (exact) mass is 237 g/mol. The molecule has 5 heteroatoms. The first-order valence-corrected chi connectivity index (χ1v) is 5.84. The highest BCUT2D eigenvalue weighted by Gasteiger charge is 2.32. The standard InChI is InChI=1S/C12H16FN3O/c13-10-6-9(7-15-8-10)12(17)16(5-1-4-14)11-2-3-11/h6-8,11H,1-5,14H2. The smallest absolute Gasteiger partial charge is 0.255 e. The van der Waals surface area contributed by atoms with Gasteiger partial charge in [-0.3, -0.25) is 9.78 Å². The van der Waals surface area contributed by atoms with Crippen molar-refractivity contribution < 1.29 is 9.18 Å². The molecule has 1 aromatic rings. The molecule has 1 saturated carbocycles. The maximum atomic E-state index is 13.0. The Hall–Kier alpha value is -1.49. The molecule has 1 aliphatic rings. The molecule has 2 N–H and O–H groups in total. The minimum Gasteiger partial charge on any atom is -0.336 e. The Morgan fingerprint density at radius 1 is 1.53 bits per heavy atom. The van der Waals surface area contributed by atoms with Crippen molar-refractivity contribution in [3.05, 3.63) is 29.8 Å². The molecule has 2 rings (SSSR count). The van der Waals surface area contributed by atoms with Crippen molar-refractivity contribution in [1.29, 1.82) is 0 Å². The summed E-state index contributed by atoms with van der Waals surface area (Å²) >= 11 is 0. The van der Waals surface area contributed by atoms with Crippen LogP contribution >= 0.6 is 0 Å². The van der Waals surface area contributed by atoms with Gasteiger partial charge >= 0.3 is 0 Å². The second kappa shape index (κ2) is 5.23. The number of nitrogens with zero attached hydrogens (tertiary/aromatic N) is 2. The van der Waals surface area contributed by atoms with Crippen LogP contribution in [-0.2, 0) is 0 Å². The van der Waals surface area contributed by atoms with Gasteiger partial charge in [0.15, 0.2) is 0 Å². The highest BCUT2D eigenvalue weighted by molar-refractivity contribution is 5.94. The molecule has 0 bridgehead atoms. The van der Waals surface area contributed by atoms with Crippen molar-refractivity contribution in [2.24, 2.45) is 5.73 Å². The van der Waals surface area contributed by atoms with Crippen LogP contribution in [0.25, 0.3) is 0 Å². The van der Waals surface area contributed by atoms with Crippen LogP contribution in [0.5, 0.6) is 0 Å². The van der Waals surface area contributed by atoms with Crippen LogP contribution in [0.2, 0.25) is 0 Å². The van der Waals surface area contributed by atoms with E-state index in [2.05, 4.69) is 4.98 Å². The molecule has 17 heavy (non-hydrogen) atoms. The fraction of sp³-hybridized carbons (Fsp3) is 0.500. The fourth-order valence-electron chi connectivity index (χ4n) is 1.79. The highest BCUT2D eigenvalue weighted by atomic mass is 19.1. The van der Waals surface area contributed by atoms with Gasteiger partial charge in [-0.05, 0) is 31.9 Å². The van der Waals surface area contributed by atoms with E-state index in [1.54, 1.807) is 4.90 Å². The van der Waals surface area contributed by atoms with E-state index < -0.39 is 5.82 Å². The second-order valence-corrected chi connectivity index (χ2v) is 4.26. The first-order valence-electron chi connectivity index (χ1n) is 5.84. The Labute approximate surface area is 99.6 Å². The molecule has 0 radical (unpaired) electrons. The SMILES string of the molecule is NCCCN(C(=O)c1cncc(F)c1)C1CC1. The normalized spacial score (nSPS) is 14.7. The summed E-state index contributed by atoms with van der Waals surface area (Å²) in [6, 6.07) is 1.53. The van der Waals surface area contributed by atoms with Crippen molar-refractivity contribution in [3.8, 4) is 0 Å². The van der Waals surface area contributed by atoms with Crippen molar-refractivity contribution in [1.82, 2.24) is 9.88 Å². The number of rotatable bonds is 5. The van der Waals surface area contributed by atoms with E-state index in [1.807, 2.05) is 0 Å². The van der Waals surface area contributed by atoms with Crippen LogP contribution in [-0.4, -0.2) is 34.9 Å². The summed E-state index contributed by atoms with van der Waals surface area (Å²) in [4.78, 5) is 17.6. The minimum absolute atomic E-state index is 0.145. The van der Waals surface area contributed by atoms with E-state index >= 15 is 0 Å². The lowest BCUT2D eigenvalue weighted by Gasteiger charge is -2.22. The zero-order chi connectivity index (χ0) is 12.3. The summed E-state index contributed by atoms with van der Waals surface area (Å²) in [5, 5.41) is 0. The van der Waals surface area contributed by atoms with E-state index in [-0.39, 0.29) is 5.91 Å². The van der Waals surface area contributed by atoms with Crippen molar-refractivity contribution in [2.75, 3.05) is 13.1 Å². The van der Waals surface area contributed by atoms with Crippen molar-refractivity contribution in [3.63, 3.8) is 0 Å². The first-order chi connectivity index (χ1) is 8.22. The molecular weight excluding hydrogens is 221 g/mol. The number of halogens is 1. The summed E-state index contributed by atoms with van der Waals surface area (Å²) in [6.07, 6.45) is 5.32. The largest absolute Gasteiger partial charge is 0.336 e. The van der Waals surface area contributed by atoms with E-state index in [9.17, 15) is 9.18 Å². The molecule has 1 aliphatic carbocycles. The number of hydrogen-bond acceptors (Lipinski definition) is 3. The zero-order valence-electron chi connectivity index (χ0n) is 9.60. The topological polar surface area (TPSA) is 59.2 Å². The Morgan fingerprint density at radius 3 is 2.88 bits per heavy atom. The highest BCUT2D eigenvalue weighted by Crippen LogP contribution is 2.28. The third kappa shape index (κ3) is 3.00. The lowest BCUT2D eigenvalue weighted by atomic mass is 10.2. The summed E-state index contributed by atoms with van der Waals surface area (Å²) in [7, 11) is 0. The molecule has 1 aromatic heterocycles. The molecule has 0 atom stereocenters. The average molecular weight is 237 g/mol. The van der Waals surface area contributed by atoms with Crippen LogP contribution in [0.15, 0.2) is 18.5 Å². The molecule has 1 amide bonds. The Bertz CT molecular complexity index is 406. The van der Waals surface area contributed by atoms with E-state index in [0.717, 1.165) is 25.5 Å². The number of amides is 1. The molecule has 0 aromatic carbocycles. The lowest BCUT2D eigenvalue weighted by Crippen LogP contribution is -2.35. The molecule has 1 heterocycles. The van der Waals surface area contributed by atoms with Crippen LogP contribution in [0.4, 0.5) is 4.39 Å². The van der Waals surface area contributed by atoms with Gasteiger partial charge in [0.05, 0.1) is 11.8 Å². The predicted octanol–water partition coefficient (Wildman–Crippen LogP) is 1.17. The molecule has 92 valence electrons. The van der Waals surface area contributed by atoms with Gasteiger partial charge in [0.25, 0.3) is 5.91 Å². The summed E-state index contributed by atoms with van der Waals surface area (Å²) in [6.45, 7) is 1.19. The quantitative estimate of drug-likeness (QED) is 0.836. The molecule has 4 nitrogen and oxygen atoms in total. The first kappa shape index (κ1) is 12.0. The Kier molecular flexibility index (Phi) is 3.68. The summed E-state index contributed by atoms with van der Waals surface area (Å²) < 4.78 is 13.0. The lowest BCUT2D eigenvalue weighted by molar-refractivity contribution is 0.0741. The van der Waals surface area contributed by atoms with Crippen LogP contribution < -0.4 is 5.73 Å². The van der Waals surface area contributed by atoms with Crippen LogP contribution in [0, 0.1) is 5.82 Å². The third-order valence-electron chi connectivity index (χ3n) is 2.80. The molecular formula is C12H16FN3O. The maximum Gasteiger partial charge on any atom is 0.255 e. The van der Waals surface area contributed by atoms with Gasteiger partial charge in [0.1, 0.15) is 5.82 Å². The van der Waals surface area contributed by atoms with Gasteiger partial charge in [-0.25, -0.2) is 4.39 Å². The molecule has 0 spiro atoms. The van der Waals surface area contributed by atoms with Gasteiger partial charge in [-0.15, -0.1) is 0 Å². The number of hydrogen-bond donors (Lipinski definition) is 1. The number of nitrogens with two attached hydrogens (primary N) is 1. The van der Waals surface area contributed by atoms with Gasteiger partial charge in [-0.1, -0.05) is 0 Å². The number of pyridine rings is 1. The molecule has 0 aliphatic heterocycles. The summed E-state index contributed by atoms with van der Waals surface area (Å²) in [5.74, 6) is -0.627. The van der Waals surface area contributed by atoms with Gasteiger partial charge in [0, 0.05) is 18.8 Å². The van der Waals surface area contributed by atoms with Crippen LogP contribution in [0.3, 0.4) is 0 Å². The van der Waals surface area contributed by atoms with Crippen molar-refractivity contribution >= 4 is 5.91 Å². The number of carbonyl (C=O) groups excluding carboxylic acids is 1. The number of aromatic nitrogens is 1. The van der Waals surface area contributed by atoms with Gasteiger partial charge < -0.3 is 10.6 Å². The Balaban J connectivity index is 2.10. The molecule has 0 saturated heterocycles. The second-order valence-electron chi connectivity index (χ2n) is 4.26. The third-order valence-corrected chi connectivity index (χ3v) is 2.80. The fourth-order valence-corrected chi connectivity index (χ4v) is 1.79. The van der Waals surface area contributed by atoms with Gasteiger partial charge in [0.2, 0.25) is 0 Å². The number of carbonyl (C=O) groups is 1.